The molecule has 0 aliphatic heterocycles. The van der Waals surface area contributed by atoms with Crippen LogP contribution in [0.3, 0.4) is 0 Å². The van der Waals surface area contributed by atoms with Gasteiger partial charge in [-0.1, -0.05) is 18.6 Å². The minimum absolute atomic E-state index is 0.0432. The van der Waals surface area contributed by atoms with Crippen LogP contribution in [-0.2, 0) is 9.59 Å². The van der Waals surface area contributed by atoms with Crippen LogP contribution in [0.1, 0.15) is 31.2 Å². The van der Waals surface area contributed by atoms with E-state index in [1.54, 1.807) is 4.90 Å². The molecule has 2 atom stereocenters. The van der Waals surface area contributed by atoms with Crippen LogP contribution in [0.15, 0.2) is 24.3 Å². The third-order valence-corrected chi connectivity index (χ3v) is 4.44. The Morgan fingerprint density at radius 1 is 1.32 bits per heavy atom. The summed E-state index contributed by atoms with van der Waals surface area (Å²) >= 11 is 0. The van der Waals surface area contributed by atoms with Gasteiger partial charge in [0.15, 0.2) is 0 Å². The molecule has 5 nitrogen and oxygen atoms in total. The molecule has 1 fully saturated rings. The van der Waals surface area contributed by atoms with Crippen LogP contribution in [0.2, 0.25) is 0 Å². The highest BCUT2D eigenvalue weighted by Gasteiger charge is 2.35. The highest BCUT2D eigenvalue weighted by molar-refractivity contribution is 5.96. The highest BCUT2D eigenvalue weighted by Crippen LogP contribution is 2.33. The molecule has 0 heterocycles. The number of primary amides is 1. The number of aryl methyl sites for hydroxylation is 1. The first-order valence-electron chi connectivity index (χ1n) is 7.89. The molecule has 120 valence electrons. The summed E-state index contributed by atoms with van der Waals surface area (Å²) in [5, 5.41) is 0. The lowest BCUT2D eigenvalue weighted by molar-refractivity contribution is -0.123. The van der Waals surface area contributed by atoms with E-state index < -0.39 is 5.91 Å². The Balaban J connectivity index is 2.23. The lowest BCUT2D eigenvalue weighted by Gasteiger charge is -2.28. The zero-order valence-corrected chi connectivity index (χ0v) is 13.1. The Morgan fingerprint density at radius 3 is 2.73 bits per heavy atom. The Hall–Kier alpha value is -1.88. The van der Waals surface area contributed by atoms with Crippen molar-refractivity contribution in [2.75, 3.05) is 18.0 Å². The topological polar surface area (TPSA) is 89.4 Å². The van der Waals surface area contributed by atoms with Gasteiger partial charge in [-0.3, -0.25) is 9.59 Å². The van der Waals surface area contributed by atoms with Crippen LogP contribution < -0.4 is 16.4 Å². The number of benzene rings is 1. The van der Waals surface area contributed by atoms with Crippen molar-refractivity contribution in [1.82, 2.24) is 0 Å². The number of carbonyl (C=O) groups excluding carboxylic acids is 2. The van der Waals surface area contributed by atoms with E-state index in [1.807, 2.05) is 31.2 Å². The van der Waals surface area contributed by atoms with Gasteiger partial charge in [0.25, 0.3) is 0 Å². The molecule has 0 bridgehead atoms. The molecular formula is C17H25N3O2. The summed E-state index contributed by atoms with van der Waals surface area (Å²) in [7, 11) is 0. The first-order valence-corrected chi connectivity index (χ1v) is 7.89. The van der Waals surface area contributed by atoms with Crippen LogP contribution in [-0.4, -0.2) is 24.9 Å². The lowest BCUT2D eigenvalue weighted by atomic mass is 9.94. The predicted molar refractivity (Wildman–Crippen MR) is 87.2 cm³/mol. The first kappa shape index (κ1) is 16.5. The largest absolute Gasteiger partial charge is 0.370 e. The fraction of sp³-hybridized carbons (Fsp3) is 0.529. The van der Waals surface area contributed by atoms with E-state index >= 15 is 0 Å². The molecule has 0 aromatic heterocycles. The third-order valence-electron chi connectivity index (χ3n) is 4.44. The Labute approximate surface area is 131 Å². The number of amides is 2. The van der Waals surface area contributed by atoms with Gasteiger partial charge in [0.05, 0.1) is 0 Å². The fourth-order valence-corrected chi connectivity index (χ4v) is 3.23. The number of nitrogens with two attached hydrogens (primary N) is 2. The maximum absolute atomic E-state index is 13.0. The third kappa shape index (κ3) is 3.85. The fourth-order valence-electron chi connectivity index (χ4n) is 3.23. The lowest BCUT2D eigenvalue weighted by Crippen LogP contribution is -2.40. The summed E-state index contributed by atoms with van der Waals surface area (Å²) in [4.78, 5) is 25.8. The van der Waals surface area contributed by atoms with E-state index in [4.69, 9.17) is 11.5 Å². The van der Waals surface area contributed by atoms with Crippen molar-refractivity contribution in [3.8, 4) is 0 Å². The maximum atomic E-state index is 13.0. The van der Waals surface area contributed by atoms with Crippen molar-refractivity contribution >= 4 is 17.5 Å². The minimum atomic E-state index is -0.396. The first-order chi connectivity index (χ1) is 10.5. The number of rotatable bonds is 6. The highest BCUT2D eigenvalue weighted by atomic mass is 16.2. The van der Waals surface area contributed by atoms with Gasteiger partial charge in [0, 0.05) is 24.6 Å². The molecule has 1 aromatic rings. The molecule has 22 heavy (non-hydrogen) atoms. The summed E-state index contributed by atoms with van der Waals surface area (Å²) in [5.41, 5.74) is 13.0. The monoisotopic (exact) mass is 303 g/mol. The molecule has 1 aliphatic rings. The summed E-state index contributed by atoms with van der Waals surface area (Å²) in [6.07, 6.45) is 3.08. The second kappa shape index (κ2) is 7.40. The number of hydrogen-bond donors (Lipinski definition) is 2. The molecule has 0 spiro atoms. The zero-order chi connectivity index (χ0) is 16.1. The molecule has 0 unspecified atom stereocenters. The molecule has 5 heteroatoms. The predicted octanol–water partition coefficient (Wildman–Crippen LogP) is 1.58. The molecule has 2 amide bonds. The van der Waals surface area contributed by atoms with Gasteiger partial charge < -0.3 is 16.4 Å². The molecule has 0 saturated heterocycles. The number of hydrogen-bond acceptors (Lipinski definition) is 3. The summed E-state index contributed by atoms with van der Waals surface area (Å²) < 4.78 is 0. The normalized spacial score (nSPS) is 20.8. The van der Waals surface area contributed by atoms with Crippen LogP contribution in [0.4, 0.5) is 5.69 Å². The van der Waals surface area contributed by atoms with Crippen molar-refractivity contribution in [3.63, 3.8) is 0 Å². The Bertz CT molecular complexity index is 544. The number of carbonyl (C=O) groups is 2. The van der Waals surface area contributed by atoms with E-state index in [9.17, 15) is 9.59 Å². The molecular weight excluding hydrogens is 278 g/mol. The minimum Gasteiger partial charge on any atom is -0.370 e. The number of anilines is 1. The average Bonchev–Trinajstić information content (AvgIpc) is 2.95. The van der Waals surface area contributed by atoms with E-state index in [0.717, 1.165) is 30.5 Å². The van der Waals surface area contributed by atoms with Crippen molar-refractivity contribution in [3.05, 3.63) is 29.8 Å². The molecule has 1 saturated carbocycles. The van der Waals surface area contributed by atoms with Crippen molar-refractivity contribution in [1.29, 1.82) is 0 Å². The van der Waals surface area contributed by atoms with Crippen LogP contribution >= 0.6 is 0 Å². The van der Waals surface area contributed by atoms with Gasteiger partial charge in [-0.15, -0.1) is 0 Å². The maximum Gasteiger partial charge on any atom is 0.230 e. The van der Waals surface area contributed by atoms with Gasteiger partial charge >= 0.3 is 0 Å². The molecule has 1 aliphatic carbocycles. The second-order valence-corrected chi connectivity index (χ2v) is 6.08. The molecule has 4 N–H and O–H groups in total. The summed E-state index contributed by atoms with van der Waals surface area (Å²) in [6.45, 7) is 2.85. The summed E-state index contributed by atoms with van der Waals surface area (Å²) in [6, 6.07) is 7.77. The van der Waals surface area contributed by atoms with Gasteiger partial charge in [-0.05, 0) is 49.9 Å². The Morgan fingerprint density at radius 2 is 2.09 bits per heavy atom. The van der Waals surface area contributed by atoms with Gasteiger partial charge in [0.1, 0.15) is 0 Å². The van der Waals surface area contributed by atoms with Gasteiger partial charge in [-0.25, -0.2) is 0 Å². The number of nitrogens with zero attached hydrogens (tertiary/aromatic N) is 1. The summed E-state index contributed by atoms with van der Waals surface area (Å²) in [5.74, 6) is -0.126. The van der Waals surface area contributed by atoms with Gasteiger partial charge in [0.2, 0.25) is 11.8 Å². The van der Waals surface area contributed by atoms with Crippen molar-refractivity contribution < 1.29 is 9.59 Å². The van der Waals surface area contributed by atoms with Crippen LogP contribution in [0, 0.1) is 18.8 Å². The van der Waals surface area contributed by atoms with E-state index in [-0.39, 0.29) is 24.2 Å². The van der Waals surface area contributed by atoms with Gasteiger partial charge in [-0.2, -0.15) is 0 Å². The van der Waals surface area contributed by atoms with Crippen LogP contribution in [0.5, 0.6) is 0 Å². The molecule has 2 rings (SSSR count). The van der Waals surface area contributed by atoms with Crippen LogP contribution in [0.25, 0.3) is 0 Å². The standard InChI is InChI=1S/C17H25N3O2/c1-12-4-2-6-14(10-12)20(9-8-16(19)21)17(22)15-7-3-5-13(15)11-18/h2,4,6,10,13,15H,3,5,7-9,11,18H2,1H3,(H2,19,21)/t13-,15-/m1/s1. The smallest absolute Gasteiger partial charge is 0.230 e. The Kier molecular flexibility index (Phi) is 5.55. The molecule has 0 radical (unpaired) electrons. The van der Waals surface area contributed by atoms with E-state index in [1.165, 1.54) is 0 Å². The average molecular weight is 303 g/mol. The zero-order valence-electron chi connectivity index (χ0n) is 13.1. The van der Waals surface area contributed by atoms with Crippen molar-refractivity contribution in [2.24, 2.45) is 23.3 Å². The SMILES string of the molecule is Cc1cccc(N(CCC(N)=O)C(=O)[C@@H]2CCC[C@@H]2CN)c1. The molecule has 1 aromatic carbocycles. The van der Waals surface area contributed by atoms with E-state index in [0.29, 0.717) is 13.1 Å². The van der Waals surface area contributed by atoms with Crippen molar-refractivity contribution in [2.45, 2.75) is 32.6 Å². The van der Waals surface area contributed by atoms with E-state index in [2.05, 4.69) is 0 Å². The second-order valence-electron chi connectivity index (χ2n) is 6.08. The quantitative estimate of drug-likeness (QED) is 0.836.